The van der Waals surface area contributed by atoms with Gasteiger partial charge in [0.1, 0.15) is 0 Å². The Balaban J connectivity index is 4.38. The van der Waals surface area contributed by atoms with Crippen molar-refractivity contribution in [2.75, 3.05) is 4.43 Å². The molecule has 0 amide bonds. The highest BCUT2D eigenvalue weighted by molar-refractivity contribution is 14.1. The van der Waals surface area contributed by atoms with Crippen LogP contribution in [-0.2, 0) is 0 Å². The first-order valence-electron chi connectivity index (χ1n) is 5.18. The number of rotatable bonds is 5. The van der Waals surface area contributed by atoms with Crippen LogP contribution in [-0.4, -0.2) is 4.43 Å². The number of hydrogen-bond acceptors (Lipinski definition) is 0. The third-order valence-corrected chi connectivity index (χ3v) is 2.48. The fourth-order valence-electron chi connectivity index (χ4n) is 1.39. The van der Waals surface area contributed by atoms with E-state index >= 15 is 0 Å². The molecule has 0 aromatic carbocycles. The maximum Gasteiger partial charge on any atom is 0.00326 e. The van der Waals surface area contributed by atoms with E-state index in [1.165, 1.54) is 27.6 Å². The summed E-state index contributed by atoms with van der Waals surface area (Å²) in [6.07, 6.45) is 9.10. The van der Waals surface area contributed by atoms with Gasteiger partial charge in [0.15, 0.2) is 0 Å². The molecule has 0 nitrogen and oxygen atoms in total. The van der Waals surface area contributed by atoms with Crippen molar-refractivity contribution >= 4 is 22.6 Å². The maximum absolute atomic E-state index is 2.42. The van der Waals surface area contributed by atoms with Gasteiger partial charge in [0.05, 0.1) is 0 Å². The van der Waals surface area contributed by atoms with Gasteiger partial charge in [-0.3, -0.25) is 0 Å². The number of halogens is 1. The summed E-state index contributed by atoms with van der Waals surface area (Å²) in [5.74, 6) is 0. The second kappa shape index (κ2) is 8.27. The molecule has 0 rings (SSSR count). The molecule has 0 aromatic heterocycles. The van der Waals surface area contributed by atoms with Crippen molar-refractivity contribution in [3.05, 3.63) is 34.9 Å². The van der Waals surface area contributed by atoms with E-state index in [2.05, 4.69) is 68.5 Å². The number of allylic oxidation sites excluding steroid dienone is 6. The van der Waals surface area contributed by atoms with Crippen LogP contribution in [0.25, 0.3) is 0 Å². The summed E-state index contributed by atoms with van der Waals surface area (Å²) >= 11 is 2.42. The third-order valence-electron chi connectivity index (χ3n) is 1.94. The molecule has 0 saturated heterocycles. The van der Waals surface area contributed by atoms with E-state index < -0.39 is 0 Å². The summed E-state index contributed by atoms with van der Waals surface area (Å²) in [5.41, 5.74) is 4.19. The fourth-order valence-corrected chi connectivity index (χ4v) is 2.24. The normalized spacial score (nSPS) is 14.8. The zero-order chi connectivity index (χ0) is 11.0. The van der Waals surface area contributed by atoms with E-state index in [0.717, 1.165) is 6.42 Å². The Hall–Kier alpha value is -0.0500. The maximum atomic E-state index is 2.42. The van der Waals surface area contributed by atoms with Crippen LogP contribution in [0.1, 0.15) is 40.5 Å². The van der Waals surface area contributed by atoms with Gasteiger partial charge in [0.2, 0.25) is 0 Å². The van der Waals surface area contributed by atoms with Gasteiger partial charge in [-0.1, -0.05) is 64.5 Å². The molecular formula is C13H21I. The minimum atomic E-state index is 1.12. The molecule has 14 heavy (non-hydrogen) atoms. The van der Waals surface area contributed by atoms with Gasteiger partial charge in [-0.15, -0.1) is 0 Å². The van der Waals surface area contributed by atoms with E-state index in [1.807, 2.05) is 0 Å². The van der Waals surface area contributed by atoms with Crippen molar-refractivity contribution in [3.63, 3.8) is 0 Å². The highest BCUT2D eigenvalue weighted by Crippen LogP contribution is 2.10. The molecule has 0 radical (unpaired) electrons. The lowest BCUT2D eigenvalue weighted by molar-refractivity contribution is 1.12. The summed E-state index contributed by atoms with van der Waals surface area (Å²) in [6.45, 7) is 8.71. The van der Waals surface area contributed by atoms with Gasteiger partial charge in [0.25, 0.3) is 0 Å². The number of alkyl halides is 1. The first-order chi connectivity index (χ1) is 6.60. The molecule has 0 N–H and O–H groups in total. The van der Waals surface area contributed by atoms with Crippen LogP contribution in [0, 0.1) is 0 Å². The SMILES string of the molecule is CC/C=C(C)/C=C(C)/C=C(\C)CCI. The molecule has 0 aliphatic carbocycles. The van der Waals surface area contributed by atoms with Gasteiger partial charge in [-0.25, -0.2) is 0 Å². The molecular weight excluding hydrogens is 283 g/mol. The Morgan fingerprint density at radius 1 is 1.07 bits per heavy atom. The van der Waals surface area contributed by atoms with Crippen LogP contribution in [0.15, 0.2) is 34.9 Å². The van der Waals surface area contributed by atoms with Crippen molar-refractivity contribution < 1.29 is 0 Å². The van der Waals surface area contributed by atoms with Crippen molar-refractivity contribution in [2.24, 2.45) is 0 Å². The standard InChI is InChI=1S/C13H21I/c1-5-6-11(2)9-13(4)10-12(3)7-8-14/h6,9-10H,5,7-8H2,1-4H3/b11-6+,12-10+,13-9+. The third kappa shape index (κ3) is 7.36. The Kier molecular flexibility index (Phi) is 8.24. The molecule has 0 aliphatic heterocycles. The highest BCUT2D eigenvalue weighted by atomic mass is 127. The summed E-state index contributed by atoms with van der Waals surface area (Å²) in [7, 11) is 0. The molecule has 0 atom stereocenters. The lowest BCUT2D eigenvalue weighted by atomic mass is 10.1. The summed E-state index contributed by atoms with van der Waals surface area (Å²) in [6, 6.07) is 0. The monoisotopic (exact) mass is 304 g/mol. The topological polar surface area (TPSA) is 0 Å². The van der Waals surface area contributed by atoms with Crippen molar-refractivity contribution in [3.8, 4) is 0 Å². The van der Waals surface area contributed by atoms with Crippen LogP contribution in [0.5, 0.6) is 0 Å². The van der Waals surface area contributed by atoms with Gasteiger partial charge in [-0.05, 0) is 33.6 Å². The molecule has 0 spiro atoms. The molecule has 0 bridgehead atoms. The summed E-state index contributed by atoms with van der Waals surface area (Å²) in [4.78, 5) is 0. The Labute approximate surface area is 102 Å². The van der Waals surface area contributed by atoms with E-state index in [4.69, 9.17) is 0 Å². The molecule has 80 valence electrons. The largest absolute Gasteiger partial charge is 0.0860 e. The first-order valence-corrected chi connectivity index (χ1v) is 6.71. The van der Waals surface area contributed by atoms with E-state index in [1.54, 1.807) is 0 Å². The van der Waals surface area contributed by atoms with Crippen LogP contribution < -0.4 is 0 Å². The zero-order valence-corrected chi connectivity index (χ0v) is 11.9. The minimum absolute atomic E-state index is 1.12. The minimum Gasteiger partial charge on any atom is -0.0860 e. The highest BCUT2D eigenvalue weighted by Gasteiger charge is 1.90. The lowest BCUT2D eigenvalue weighted by Crippen LogP contribution is -1.80. The zero-order valence-electron chi connectivity index (χ0n) is 9.73. The Morgan fingerprint density at radius 2 is 1.71 bits per heavy atom. The van der Waals surface area contributed by atoms with Crippen molar-refractivity contribution in [2.45, 2.75) is 40.5 Å². The molecule has 0 fully saturated rings. The summed E-state index contributed by atoms with van der Waals surface area (Å²) in [5, 5.41) is 0. The van der Waals surface area contributed by atoms with Gasteiger partial charge >= 0.3 is 0 Å². The number of hydrogen-bond donors (Lipinski definition) is 0. The van der Waals surface area contributed by atoms with E-state index in [0.29, 0.717) is 0 Å². The Morgan fingerprint density at radius 3 is 2.21 bits per heavy atom. The second-order valence-electron chi connectivity index (χ2n) is 3.67. The molecule has 0 aromatic rings. The van der Waals surface area contributed by atoms with E-state index in [9.17, 15) is 0 Å². The van der Waals surface area contributed by atoms with Crippen LogP contribution in [0.3, 0.4) is 0 Å². The predicted octanol–water partition coefficient (Wildman–Crippen LogP) is 5.06. The lowest BCUT2D eigenvalue weighted by Gasteiger charge is -1.99. The van der Waals surface area contributed by atoms with Crippen molar-refractivity contribution in [1.82, 2.24) is 0 Å². The van der Waals surface area contributed by atoms with Gasteiger partial charge in [0, 0.05) is 4.43 Å². The molecule has 0 heterocycles. The van der Waals surface area contributed by atoms with Gasteiger partial charge in [-0.2, -0.15) is 0 Å². The van der Waals surface area contributed by atoms with Gasteiger partial charge < -0.3 is 0 Å². The average Bonchev–Trinajstić information content (AvgIpc) is 2.03. The summed E-state index contributed by atoms with van der Waals surface area (Å²) < 4.78 is 1.21. The predicted molar refractivity (Wildman–Crippen MR) is 75.1 cm³/mol. The van der Waals surface area contributed by atoms with E-state index in [-0.39, 0.29) is 0 Å². The smallest absolute Gasteiger partial charge is 0.00326 e. The van der Waals surface area contributed by atoms with Crippen LogP contribution >= 0.6 is 22.6 Å². The average molecular weight is 304 g/mol. The Bertz CT molecular complexity index is 244. The first kappa shape index (κ1) is 13.9. The van der Waals surface area contributed by atoms with Crippen LogP contribution in [0.4, 0.5) is 0 Å². The van der Waals surface area contributed by atoms with Crippen molar-refractivity contribution in [1.29, 1.82) is 0 Å². The quantitative estimate of drug-likeness (QED) is 0.378. The molecule has 0 aliphatic rings. The molecule has 0 saturated carbocycles. The van der Waals surface area contributed by atoms with Crippen LogP contribution in [0.2, 0.25) is 0 Å². The fraction of sp³-hybridized carbons (Fsp3) is 0.538. The molecule has 0 unspecified atom stereocenters. The second-order valence-corrected chi connectivity index (χ2v) is 4.75. The molecule has 1 heteroatoms.